The number of nitrogens with one attached hydrogen (secondary N) is 2. The van der Waals surface area contributed by atoms with Gasteiger partial charge < -0.3 is 10.3 Å². The second-order valence-electron chi connectivity index (χ2n) is 5.43. The number of nitrogens with zero attached hydrogens (tertiary/aromatic N) is 2. The summed E-state index contributed by atoms with van der Waals surface area (Å²) in [6.45, 7) is 0.826. The maximum atomic E-state index is 12.4. The number of aromatic amines is 1. The van der Waals surface area contributed by atoms with Crippen molar-refractivity contribution in [2.45, 2.75) is 30.5 Å². The van der Waals surface area contributed by atoms with Crippen LogP contribution in [0.25, 0.3) is 11.0 Å². The molecule has 1 saturated heterocycles. The highest BCUT2D eigenvalue weighted by atomic mass is 35.5. The molecule has 0 bridgehead atoms. The van der Waals surface area contributed by atoms with Crippen molar-refractivity contribution in [3.05, 3.63) is 28.3 Å². The fourth-order valence-corrected chi connectivity index (χ4v) is 4.12. The first-order chi connectivity index (χ1) is 10.5. The first-order valence-corrected chi connectivity index (χ1v) is 8.71. The van der Waals surface area contributed by atoms with Gasteiger partial charge in [-0.15, -0.1) is 12.4 Å². The zero-order valence-corrected chi connectivity index (χ0v) is 13.8. The molecule has 2 N–H and O–H groups in total. The minimum atomic E-state index is -3.55. The van der Waals surface area contributed by atoms with Crippen LogP contribution in [0.15, 0.2) is 23.4 Å². The number of nitro groups is 1. The molecule has 1 unspecified atom stereocenters. The smallest absolute Gasteiger partial charge is 0.271 e. The van der Waals surface area contributed by atoms with Gasteiger partial charge in [-0.05, 0) is 25.5 Å². The molecule has 1 aromatic carbocycles. The number of nitro benzene ring substituents is 1. The maximum Gasteiger partial charge on any atom is 0.271 e. The second kappa shape index (κ2) is 6.81. The number of aromatic nitrogens is 2. The molecule has 1 fully saturated rings. The summed E-state index contributed by atoms with van der Waals surface area (Å²) in [4.78, 5) is 17.0. The molecule has 2 aromatic rings. The van der Waals surface area contributed by atoms with Gasteiger partial charge >= 0.3 is 0 Å². The maximum absolute atomic E-state index is 12.4. The largest absolute Gasteiger partial charge is 0.329 e. The van der Waals surface area contributed by atoms with Gasteiger partial charge in [0.05, 0.1) is 21.7 Å². The van der Waals surface area contributed by atoms with Gasteiger partial charge in [0.1, 0.15) is 0 Å². The Morgan fingerprint density at radius 2 is 2.13 bits per heavy atom. The Bertz CT molecular complexity index is 814. The summed E-state index contributed by atoms with van der Waals surface area (Å²) in [5.41, 5.74) is 0.652. The predicted molar refractivity (Wildman–Crippen MR) is 87.7 cm³/mol. The number of sulfone groups is 1. The van der Waals surface area contributed by atoms with Crippen LogP contribution in [0.4, 0.5) is 5.69 Å². The monoisotopic (exact) mass is 360 g/mol. The first-order valence-electron chi connectivity index (χ1n) is 7.06. The van der Waals surface area contributed by atoms with Crippen molar-refractivity contribution in [3.63, 3.8) is 0 Å². The molecule has 1 aliphatic rings. The Hall–Kier alpha value is -1.71. The quantitative estimate of drug-likeness (QED) is 0.634. The standard InChI is InChI=1S/C13H16N4O4S.ClH/c18-17(19)10-4-5-11-12(7-10)16-13(15-11)22(20,21)8-9-3-1-2-6-14-9;/h4-5,7,9,14H,1-3,6,8H2,(H,15,16);1H. The average Bonchev–Trinajstić information content (AvgIpc) is 2.91. The van der Waals surface area contributed by atoms with E-state index >= 15 is 0 Å². The van der Waals surface area contributed by atoms with E-state index in [1.165, 1.54) is 18.2 Å². The summed E-state index contributed by atoms with van der Waals surface area (Å²) >= 11 is 0. The number of halogens is 1. The number of rotatable bonds is 4. The van der Waals surface area contributed by atoms with Crippen molar-refractivity contribution >= 4 is 39.0 Å². The SMILES string of the molecule is Cl.O=[N+]([O-])c1ccc2nc(S(=O)(=O)CC3CCCCN3)[nH]c2c1. The Morgan fingerprint density at radius 3 is 2.78 bits per heavy atom. The van der Waals surface area contributed by atoms with Crippen molar-refractivity contribution < 1.29 is 13.3 Å². The Balaban J connectivity index is 0.00000192. The van der Waals surface area contributed by atoms with E-state index in [-0.39, 0.29) is 35.0 Å². The molecule has 1 aliphatic heterocycles. The molecule has 0 aliphatic carbocycles. The van der Waals surface area contributed by atoms with E-state index in [1.807, 2.05) is 0 Å². The van der Waals surface area contributed by atoms with Gasteiger partial charge in [0.2, 0.25) is 15.0 Å². The average molecular weight is 361 g/mol. The molecule has 8 nitrogen and oxygen atoms in total. The molecule has 10 heteroatoms. The lowest BCUT2D eigenvalue weighted by atomic mass is 10.1. The molecule has 2 heterocycles. The van der Waals surface area contributed by atoms with E-state index in [2.05, 4.69) is 15.3 Å². The van der Waals surface area contributed by atoms with E-state index in [0.717, 1.165) is 25.8 Å². The molecule has 0 spiro atoms. The summed E-state index contributed by atoms with van der Waals surface area (Å²) in [6, 6.07) is 3.98. The molecule has 1 aromatic heterocycles. The molecule has 1 atom stereocenters. The zero-order chi connectivity index (χ0) is 15.7. The van der Waals surface area contributed by atoms with Gasteiger partial charge in [-0.25, -0.2) is 13.4 Å². The molecule has 126 valence electrons. The van der Waals surface area contributed by atoms with Gasteiger partial charge in [0.15, 0.2) is 0 Å². The molecule has 0 radical (unpaired) electrons. The number of imidazole rings is 1. The fourth-order valence-electron chi connectivity index (χ4n) is 2.65. The van der Waals surface area contributed by atoms with E-state index in [1.54, 1.807) is 0 Å². The van der Waals surface area contributed by atoms with Gasteiger partial charge in [0, 0.05) is 18.2 Å². The first kappa shape index (κ1) is 17.6. The minimum absolute atomic E-state index is 0. The number of hydrogen-bond donors (Lipinski definition) is 2. The fraction of sp³-hybridized carbons (Fsp3) is 0.462. The zero-order valence-electron chi connectivity index (χ0n) is 12.2. The highest BCUT2D eigenvalue weighted by molar-refractivity contribution is 7.91. The lowest BCUT2D eigenvalue weighted by Gasteiger charge is -2.22. The van der Waals surface area contributed by atoms with Gasteiger partial charge in [-0.1, -0.05) is 6.42 Å². The van der Waals surface area contributed by atoms with E-state index in [9.17, 15) is 18.5 Å². The minimum Gasteiger partial charge on any atom is -0.329 e. The van der Waals surface area contributed by atoms with E-state index in [4.69, 9.17) is 0 Å². The number of fused-ring (bicyclic) bond motifs is 1. The van der Waals surface area contributed by atoms with Crippen LogP contribution < -0.4 is 5.32 Å². The Labute approximate surface area is 139 Å². The van der Waals surface area contributed by atoms with Crippen LogP contribution >= 0.6 is 12.4 Å². The summed E-state index contributed by atoms with van der Waals surface area (Å²) < 4.78 is 24.8. The lowest BCUT2D eigenvalue weighted by molar-refractivity contribution is -0.384. The molecule has 3 rings (SSSR count). The van der Waals surface area contributed by atoms with E-state index < -0.39 is 14.8 Å². The van der Waals surface area contributed by atoms with Gasteiger partial charge in [0.25, 0.3) is 5.69 Å². The third-order valence-corrected chi connectivity index (χ3v) is 5.41. The molecule has 23 heavy (non-hydrogen) atoms. The Kier molecular flexibility index (Phi) is 5.23. The molecule has 0 saturated carbocycles. The third-order valence-electron chi connectivity index (χ3n) is 3.78. The number of hydrogen-bond acceptors (Lipinski definition) is 6. The Morgan fingerprint density at radius 1 is 1.35 bits per heavy atom. The number of non-ortho nitro benzene ring substituents is 1. The summed E-state index contributed by atoms with van der Waals surface area (Å²) in [5, 5.41) is 13.8. The summed E-state index contributed by atoms with van der Waals surface area (Å²) in [5.74, 6) is -0.0189. The highest BCUT2D eigenvalue weighted by Gasteiger charge is 2.25. The van der Waals surface area contributed by atoms with Gasteiger partial charge in [-0.2, -0.15) is 0 Å². The highest BCUT2D eigenvalue weighted by Crippen LogP contribution is 2.22. The lowest BCUT2D eigenvalue weighted by Crippen LogP contribution is -2.39. The predicted octanol–water partition coefficient (Wildman–Crippen LogP) is 1.81. The number of piperidine rings is 1. The van der Waals surface area contributed by atoms with Crippen LogP contribution in [0.5, 0.6) is 0 Å². The normalized spacial score (nSPS) is 18.5. The molecular formula is C13H17ClN4O4S. The number of benzene rings is 1. The van der Waals surface area contributed by atoms with Crippen LogP contribution in [0, 0.1) is 10.1 Å². The van der Waals surface area contributed by atoms with Crippen molar-refractivity contribution in [2.24, 2.45) is 0 Å². The second-order valence-corrected chi connectivity index (χ2v) is 7.38. The van der Waals surface area contributed by atoms with Crippen molar-refractivity contribution in [1.82, 2.24) is 15.3 Å². The van der Waals surface area contributed by atoms with Crippen molar-refractivity contribution in [1.29, 1.82) is 0 Å². The van der Waals surface area contributed by atoms with Crippen LogP contribution in [0.3, 0.4) is 0 Å². The van der Waals surface area contributed by atoms with Gasteiger partial charge in [-0.3, -0.25) is 10.1 Å². The van der Waals surface area contributed by atoms with Crippen LogP contribution in [0.2, 0.25) is 0 Å². The van der Waals surface area contributed by atoms with Crippen molar-refractivity contribution in [3.8, 4) is 0 Å². The van der Waals surface area contributed by atoms with E-state index in [0.29, 0.717) is 11.0 Å². The molecular weight excluding hydrogens is 344 g/mol. The van der Waals surface area contributed by atoms with Crippen LogP contribution in [-0.2, 0) is 9.84 Å². The molecule has 0 amide bonds. The topological polar surface area (TPSA) is 118 Å². The van der Waals surface area contributed by atoms with Crippen molar-refractivity contribution in [2.75, 3.05) is 12.3 Å². The van der Waals surface area contributed by atoms with Crippen LogP contribution in [0.1, 0.15) is 19.3 Å². The summed E-state index contributed by atoms with van der Waals surface area (Å²) in [7, 11) is -3.55. The number of H-pyrrole nitrogens is 1. The third kappa shape index (κ3) is 3.80. The summed E-state index contributed by atoms with van der Waals surface area (Å²) in [6.07, 6.45) is 2.90. The van der Waals surface area contributed by atoms with Crippen LogP contribution in [-0.4, -0.2) is 41.6 Å².